The standard InChI is InChI=1S/C10H12ClN3O3/c1-6(15)13-9-3-7(5-12-2)10(14(16)17)4-8(9)11/h3-4,12H,5H2,1-2H3,(H,13,15). The number of carbonyl (C=O) groups is 1. The molecule has 0 fully saturated rings. The number of hydrogen-bond donors (Lipinski definition) is 2. The number of amides is 1. The van der Waals surface area contributed by atoms with E-state index >= 15 is 0 Å². The first-order valence-corrected chi connectivity index (χ1v) is 5.22. The summed E-state index contributed by atoms with van der Waals surface area (Å²) in [6.07, 6.45) is 0. The normalized spacial score (nSPS) is 10.1. The smallest absolute Gasteiger partial charge is 0.275 e. The van der Waals surface area contributed by atoms with E-state index in [1.807, 2.05) is 0 Å². The largest absolute Gasteiger partial charge is 0.325 e. The van der Waals surface area contributed by atoms with Crippen molar-refractivity contribution in [2.75, 3.05) is 12.4 Å². The molecule has 0 aliphatic heterocycles. The summed E-state index contributed by atoms with van der Waals surface area (Å²) in [6, 6.07) is 2.73. The molecule has 0 aliphatic carbocycles. The summed E-state index contributed by atoms with van der Waals surface area (Å²) in [7, 11) is 1.68. The molecule has 17 heavy (non-hydrogen) atoms. The second-order valence-corrected chi connectivity index (χ2v) is 3.84. The summed E-state index contributed by atoms with van der Waals surface area (Å²) >= 11 is 5.85. The molecule has 0 aliphatic rings. The van der Waals surface area contributed by atoms with E-state index in [0.29, 0.717) is 17.8 Å². The lowest BCUT2D eigenvalue weighted by molar-refractivity contribution is -0.385. The van der Waals surface area contributed by atoms with Crippen LogP contribution in [0, 0.1) is 10.1 Å². The number of hydrogen-bond acceptors (Lipinski definition) is 4. The van der Waals surface area contributed by atoms with Crippen LogP contribution in [0.5, 0.6) is 0 Å². The van der Waals surface area contributed by atoms with Gasteiger partial charge >= 0.3 is 0 Å². The fourth-order valence-corrected chi connectivity index (χ4v) is 1.60. The molecular formula is C10H12ClN3O3. The molecule has 1 aromatic carbocycles. The van der Waals surface area contributed by atoms with Gasteiger partial charge in [0, 0.05) is 25.1 Å². The second kappa shape index (κ2) is 5.60. The maximum atomic E-state index is 10.9. The van der Waals surface area contributed by atoms with E-state index in [4.69, 9.17) is 11.6 Å². The minimum Gasteiger partial charge on any atom is -0.325 e. The Bertz CT molecular complexity index is 462. The Hall–Kier alpha value is -1.66. The van der Waals surface area contributed by atoms with E-state index < -0.39 is 4.92 Å². The molecule has 2 N–H and O–H groups in total. The average Bonchev–Trinajstić information content (AvgIpc) is 2.21. The molecule has 0 bridgehead atoms. The van der Waals surface area contributed by atoms with E-state index in [-0.39, 0.29) is 16.6 Å². The Labute approximate surface area is 103 Å². The van der Waals surface area contributed by atoms with Crippen LogP contribution in [-0.2, 0) is 11.3 Å². The van der Waals surface area contributed by atoms with Crippen LogP contribution in [0.4, 0.5) is 11.4 Å². The molecule has 0 radical (unpaired) electrons. The minimum absolute atomic E-state index is 0.0709. The predicted octanol–water partition coefficient (Wildman–Crippen LogP) is 1.93. The first-order chi connectivity index (χ1) is 7.95. The molecular weight excluding hydrogens is 246 g/mol. The molecule has 0 spiro atoms. The molecule has 0 heterocycles. The number of benzene rings is 1. The summed E-state index contributed by atoms with van der Waals surface area (Å²) in [4.78, 5) is 21.2. The first kappa shape index (κ1) is 13.4. The predicted molar refractivity (Wildman–Crippen MR) is 65.2 cm³/mol. The molecule has 0 aromatic heterocycles. The van der Waals surface area contributed by atoms with Crippen LogP contribution in [0.1, 0.15) is 12.5 Å². The highest BCUT2D eigenvalue weighted by atomic mass is 35.5. The van der Waals surface area contributed by atoms with Crippen molar-refractivity contribution >= 4 is 28.9 Å². The molecule has 7 heteroatoms. The third kappa shape index (κ3) is 3.40. The second-order valence-electron chi connectivity index (χ2n) is 3.43. The number of rotatable bonds is 4. The summed E-state index contributed by atoms with van der Waals surface area (Å²) in [5, 5.41) is 16.3. The van der Waals surface area contributed by atoms with Gasteiger partial charge in [-0.2, -0.15) is 0 Å². The van der Waals surface area contributed by atoms with Gasteiger partial charge in [-0.3, -0.25) is 14.9 Å². The molecule has 6 nitrogen and oxygen atoms in total. The maximum absolute atomic E-state index is 10.9. The molecule has 0 unspecified atom stereocenters. The monoisotopic (exact) mass is 257 g/mol. The number of carbonyl (C=O) groups excluding carboxylic acids is 1. The van der Waals surface area contributed by atoms with Crippen LogP contribution in [-0.4, -0.2) is 17.9 Å². The van der Waals surface area contributed by atoms with Gasteiger partial charge in [-0.25, -0.2) is 0 Å². The van der Waals surface area contributed by atoms with Crippen molar-refractivity contribution in [1.82, 2.24) is 5.32 Å². The molecule has 92 valence electrons. The van der Waals surface area contributed by atoms with Crippen molar-refractivity contribution in [3.8, 4) is 0 Å². The van der Waals surface area contributed by atoms with E-state index in [9.17, 15) is 14.9 Å². The minimum atomic E-state index is -0.504. The van der Waals surface area contributed by atoms with Crippen molar-refractivity contribution in [3.05, 3.63) is 32.8 Å². The Balaban J connectivity index is 3.23. The van der Waals surface area contributed by atoms with Gasteiger partial charge in [0.25, 0.3) is 5.69 Å². The van der Waals surface area contributed by atoms with E-state index in [1.165, 1.54) is 19.1 Å². The number of nitro groups is 1. The van der Waals surface area contributed by atoms with Gasteiger partial charge in [0.15, 0.2) is 0 Å². The highest BCUT2D eigenvalue weighted by Gasteiger charge is 2.17. The molecule has 1 aromatic rings. The lowest BCUT2D eigenvalue weighted by atomic mass is 10.1. The van der Waals surface area contributed by atoms with Gasteiger partial charge in [-0.05, 0) is 13.1 Å². The Morgan fingerprint density at radius 3 is 2.65 bits per heavy atom. The average molecular weight is 258 g/mol. The number of halogens is 1. The number of nitro benzene ring substituents is 1. The molecule has 0 atom stereocenters. The molecule has 1 rings (SSSR count). The topological polar surface area (TPSA) is 84.3 Å². The number of anilines is 1. The summed E-state index contributed by atoms with van der Waals surface area (Å²) in [5.74, 6) is -0.281. The SMILES string of the molecule is CNCc1cc(NC(C)=O)c(Cl)cc1[N+](=O)[O-]. The van der Waals surface area contributed by atoms with E-state index in [0.717, 1.165) is 0 Å². The zero-order valence-corrected chi connectivity index (χ0v) is 10.2. The van der Waals surface area contributed by atoms with Crippen LogP contribution < -0.4 is 10.6 Å². The van der Waals surface area contributed by atoms with Crippen LogP contribution in [0.2, 0.25) is 5.02 Å². The lowest BCUT2D eigenvalue weighted by Gasteiger charge is -2.08. The van der Waals surface area contributed by atoms with E-state index in [2.05, 4.69) is 10.6 Å². The molecule has 0 saturated heterocycles. The van der Waals surface area contributed by atoms with Crippen molar-refractivity contribution in [2.24, 2.45) is 0 Å². The summed E-state index contributed by atoms with van der Waals surface area (Å²) in [6.45, 7) is 1.66. The fraction of sp³-hybridized carbons (Fsp3) is 0.300. The quantitative estimate of drug-likeness (QED) is 0.638. The lowest BCUT2D eigenvalue weighted by Crippen LogP contribution is -2.11. The van der Waals surface area contributed by atoms with Crippen molar-refractivity contribution < 1.29 is 9.72 Å². The Kier molecular flexibility index (Phi) is 4.42. The van der Waals surface area contributed by atoms with Gasteiger partial charge in [-0.15, -0.1) is 0 Å². The van der Waals surface area contributed by atoms with Crippen LogP contribution in [0.25, 0.3) is 0 Å². The Morgan fingerprint density at radius 1 is 1.53 bits per heavy atom. The summed E-state index contributed by atoms with van der Waals surface area (Å²) in [5.41, 5.74) is 0.763. The highest BCUT2D eigenvalue weighted by molar-refractivity contribution is 6.34. The zero-order valence-electron chi connectivity index (χ0n) is 9.41. The van der Waals surface area contributed by atoms with Crippen molar-refractivity contribution in [2.45, 2.75) is 13.5 Å². The Morgan fingerprint density at radius 2 is 2.18 bits per heavy atom. The zero-order chi connectivity index (χ0) is 13.0. The summed E-state index contributed by atoms with van der Waals surface area (Å²) < 4.78 is 0. The first-order valence-electron chi connectivity index (χ1n) is 4.84. The van der Waals surface area contributed by atoms with Gasteiger partial charge < -0.3 is 10.6 Å². The van der Waals surface area contributed by atoms with Crippen molar-refractivity contribution in [3.63, 3.8) is 0 Å². The van der Waals surface area contributed by atoms with Crippen molar-refractivity contribution in [1.29, 1.82) is 0 Å². The molecule has 0 saturated carbocycles. The van der Waals surface area contributed by atoms with Crippen LogP contribution in [0.15, 0.2) is 12.1 Å². The highest BCUT2D eigenvalue weighted by Crippen LogP contribution is 2.30. The maximum Gasteiger partial charge on any atom is 0.275 e. The third-order valence-corrected chi connectivity index (χ3v) is 2.36. The van der Waals surface area contributed by atoms with E-state index in [1.54, 1.807) is 7.05 Å². The fourth-order valence-electron chi connectivity index (χ4n) is 1.40. The number of nitrogens with zero attached hydrogens (tertiary/aromatic N) is 1. The van der Waals surface area contributed by atoms with Gasteiger partial charge in [0.2, 0.25) is 5.91 Å². The number of nitrogens with one attached hydrogen (secondary N) is 2. The van der Waals surface area contributed by atoms with Gasteiger partial charge in [0.05, 0.1) is 15.6 Å². The van der Waals surface area contributed by atoms with Gasteiger partial charge in [0.1, 0.15) is 0 Å². The van der Waals surface area contributed by atoms with Gasteiger partial charge in [-0.1, -0.05) is 11.6 Å². The third-order valence-electron chi connectivity index (χ3n) is 2.04. The van der Waals surface area contributed by atoms with Crippen LogP contribution >= 0.6 is 11.6 Å². The molecule has 1 amide bonds. The van der Waals surface area contributed by atoms with Crippen LogP contribution in [0.3, 0.4) is 0 Å².